The van der Waals surface area contributed by atoms with E-state index in [0.29, 0.717) is 25.3 Å². The number of likely N-dealkylation sites (N-methyl/N-ethyl adjacent to an activating group) is 1. The van der Waals surface area contributed by atoms with Gasteiger partial charge in [-0.25, -0.2) is 0 Å². The number of ether oxygens (including phenoxy) is 1. The van der Waals surface area contributed by atoms with Gasteiger partial charge in [-0.3, -0.25) is 9.59 Å². The van der Waals surface area contributed by atoms with E-state index >= 15 is 0 Å². The maximum Gasteiger partial charge on any atom is 0.261 e. The topological polar surface area (TPSA) is 58.6 Å². The third-order valence-corrected chi connectivity index (χ3v) is 7.25. The molecule has 0 aliphatic rings. The first-order valence-electron chi connectivity index (χ1n) is 11.8. The van der Waals surface area contributed by atoms with Crippen molar-refractivity contribution < 1.29 is 14.3 Å². The molecule has 0 saturated carbocycles. The Bertz CT molecular complexity index is 1140. The summed E-state index contributed by atoms with van der Waals surface area (Å²) in [6, 6.07) is 20.9. The van der Waals surface area contributed by atoms with Gasteiger partial charge in [0, 0.05) is 24.0 Å². The molecule has 5 nitrogen and oxygen atoms in total. The zero-order chi connectivity index (χ0) is 25.4. The van der Waals surface area contributed by atoms with Crippen molar-refractivity contribution in [1.82, 2.24) is 10.2 Å². The van der Waals surface area contributed by atoms with E-state index < -0.39 is 6.04 Å². The number of nitrogens with one attached hydrogen (secondary N) is 1. The second-order valence-electron chi connectivity index (χ2n) is 8.71. The number of carbonyl (C=O) groups is 2. The number of benzene rings is 3. The van der Waals surface area contributed by atoms with Gasteiger partial charge in [0.05, 0.1) is 0 Å². The highest BCUT2D eigenvalue weighted by atomic mass is 79.9. The van der Waals surface area contributed by atoms with Crippen LogP contribution in [0.15, 0.2) is 71.2 Å². The van der Waals surface area contributed by atoms with Crippen LogP contribution >= 0.6 is 15.9 Å². The monoisotopic (exact) mass is 536 g/mol. The molecule has 0 radical (unpaired) electrons. The van der Waals surface area contributed by atoms with Crippen molar-refractivity contribution in [3.05, 3.63) is 99.0 Å². The number of halogens is 1. The number of carbonyl (C=O) groups excluding carboxylic acids is 2. The minimum Gasteiger partial charge on any atom is -0.484 e. The molecular weight excluding hydrogens is 504 g/mol. The van der Waals surface area contributed by atoms with Crippen LogP contribution in [-0.4, -0.2) is 35.9 Å². The lowest BCUT2D eigenvalue weighted by Crippen LogP contribution is -2.51. The second-order valence-corrected chi connectivity index (χ2v) is 9.50. The fourth-order valence-electron chi connectivity index (χ4n) is 4.03. The van der Waals surface area contributed by atoms with E-state index in [1.807, 2.05) is 94.4 Å². The second kappa shape index (κ2) is 12.5. The van der Waals surface area contributed by atoms with E-state index in [-0.39, 0.29) is 18.4 Å². The Morgan fingerprint density at radius 2 is 1.57 bits per heavy atom. The lowest BCUT2D eigenvalue weighted by atomic mass is 10.0. The summed E-state index contributed by atoms with van der Waals surface area (Å²) in [5.74, 6) is 0.220. The largest absolute Gasteiger partial charge is 0.484 e. The first-order valence-corrected chi connectivity index (χ1v) is 12.6. The number of aryl methyl sites for hydroxylation is 3. The van der Waals surface area contributed by atoms with Crippen molar-refractivity contribution in [1.29, 1.82) is 0 Å². The van der Waals surface area contributed by atoms with Crippen LogP contribution in [0.4, 0.5) is 0 Å². The molecule has 1 N–H and O–H groups in total. The molecule has 6 heteroatoms. The van der Waals surface area contributed by atoms with Gasteiger partial charge in [-0.05, 0) is 67.6 Å². The Hall–Kier alpha value is -3.12. The molecular formula is C29H33BrN2O3. The van der Waals surface area contributed by atoms with Gasteiger partial charge in [0.2, 0.25) is 5.91 Å². The van der Waals surface area contributed by atoms with Crippen molar-refractivity contribution in [2.24, 2.45) is 0 Å². The number of hydrogen-bond donors (Lipinski definition) is 1. The molecule has 0 bridgehead atoms. The van der Waals surface area contributed by atoms with Crippen LogP contribution < -0.4 is 10.1 Å². The Balaban J connectivity index is 1.91. The summed E-state index contributed by atoms with van der Waals surface area (Å²) in [6.07, 6.45) is 0.417. The molecule has 0 heterocycles. The molecule has 0 spiro atoms. The van der Waals surface area contributed by atoms with E-state index in [4.69, 9.17) is 4.74 Å². The predicted molar refractivity (Wildman–Crippen MR) is 143 cm³/mol. The predicted octanol–water partition coefficient (Wildman–Crippen LogP) is 5.53. The van der Waals surface area contributed by atoms with Gasteiger partial charge in [0.15, 0.2) is 6.61 Å². The molecule has 0 aromatic heterocycles. The average molecular weight is 537 g/mol. The highest BCUT2D eigenvalue weighted by Crippen LogP contribution is 2.26. The molecule has 0 aliphatic heterocycles. The van der Waals surface area contributed by atoms with Crippen LogP contribution in [0.2, 0.25) is 0 Å². The molecule has 2 amide bonds. The molecule has 3 aromatic carbocycles. The summed E-state index contributed by atoms with van der Waals surface area (Å²) in [5.41, 5.74) is 5.13. The first-order chi connectivity index (χ1) is 16.8. The van der Waals surface area contributed by atoms with Crippen LogP contribution in [0.3, 0.4) is 0 Å². The van der Waals surface area contributed by atoms with Crippen molar-refractivity contribution in [3.8, 4) is 5.75 Å². The summed E-state index contributed by atoms with van der Waals surface area (Å²) in [7, 11) is 0. The van der Waals surface area contributed by atoms with E-state index in [2.05, 4.69) is 21.2 Å². The standard InChI is InChI=1S/C29H33BrN2O3/c1-5-31-29(34)26(17-23-12-7-6-8-13-23)32(18-24-14-10-9-11-20(24)2)27(33)19-35-25-15-21(3)28(30)22(4)16-25/h6-16,26H,5,17-19H2,1-4H3,(H,31,34). The number of rotatable bonds is 10. The molecule has 0 saturated heterocycles. The van der Waals surface area contributed by atoms with Crippen LogP contribution in [-0.2, 0) is 22.6 Å². The lowest BCUT2D eigenvalue weighted by molar-refractivity contribution is -0.142. The first kappa shape index (κ1) is 26.5. The minimum atomic E-state index is -0.665. The van der Waals surface area contributed by atoms with Gasteiger partial charge in [0.25, 0.3) is 5.91 Å². The van der Waals surface area contributed by atoms with E-state index in [1.54, 1.807) is 4.90 Å². The Kier molecular flexibility index (Phi) is 9.49. The zero-order valence-electron chi connectivity index (χ0n) is 20.8. The molecule has 0 aliphatic carbocycles. The van der Waals surface area contributed by atoms with Crippen LogP contribution in [0.5, 0.6) is 5.75 Å². The summed E-state index contributed by atoms with van der Waals surface area (Å²) >= 11 is 3.57. The normalized spacial score (nSPS) is 11.6. The van der Waals surface area contributed by atoms with Crippen molar-refractivity contribution in [2.45, 2.75) is 46.7 Å². The molecule has 1 unspecified atom stereocenters. The number of nitrogens with zero attached hydrogens (tertiary/aromatic N) is 1. The lowest BCUT2D eigenvalue weighted by Gasteiger charge is -2.32. The molecule has 0 fully saturated rings. The Labute approximate surface area is 216 Å². The van der Waals surface area contributed by atoms with Gasteiger partial charge in [0.1, 0.15) is 11.8 Å². The molecule has 35 heavy (non-hydrogen) atoms. The summed E-state index contributed by atoms with van der Waals surface area (Å²) in [6.45, 7) is 8.53. The van der Waals surface area contributed by atoms with Gasteiger partial charge in [-0.1, -0.05) is 70.5 Å². The quantitative estimate of drug-likeness (QED) is 0.370. The smallest absolute Gasteiger partial charge is 0.261 e. The Morgan fingerprint density at radius 3 is 2.20 bits per heavy atom. The fraction of sp³-hybridized carbons (Fsp3) is 0.310. The van der Waals surface area contributed by atoms with Gasteiger partial charge >= 0.3 is 0 Å². The zero-order valence-corrected chi connectivity index (χ0v) is 22.4. The summed E-state index contributed by atoms with van der Waals surface area (Å²) in [5, 5.41) is 2.92. The molecule has 3 aromatic rings. The SMILES string of the molecule is CCNC(=O)C(Cc1ccccc1)N(Cc1ccccc1C)C(=O)COc1cc(C)c(Br)c(C)c1. The highest BCUT2D eigenvalue weighted by molar-refractivity contribution is 9.10. The van der Waals surface area contributed by atoms with Gasteiger partial charge < -0.3 is 15.0 Å². The van der Waals surface area contributed by atoms with Crippen LogP contribution in [0.25, 0.3) is 0 Å². The van der Waals surface area contributed by atoms with Crippen LogP contribution in [0, 0.1) is 20.8 Å². The minimum absolute atomic E-state index is 0.156. The summed E-state index contributed by atoms with van der Waals surface area (Å²) in [4.78, 5) is 28.5. The van der Waals surface area contributed by atoms with Gasteiger partial charge in [-0.15, -0.1) is 0 Å². The summed E-state index contributed by atoms with van der Waals surface area (Å²) < 4.78 is 6.95. The third kappa shape index (κ3) is 7.18. The molecule has 184 valence electrons. The number of hydrogen-bond acceptors (Lipinski definition) is 3. The third-order valence-electron chi connectivity index (χ3n) is 6.00. The van der Waals surface area contributed by atoms with E-state index in [9.17, 15) is 9.59 Å². The highest BCUT2D eigenvalue weighted by Gasteiger charge is 2.30. The maximum absolute atomic E-state index is 13.6. The fourth-order valence-corrected chi connectivity index (χ4v) is 4.26. The molecule has 3 rings (SSSR count). The van der Waals surface area contributed by atoms with Gasteiger partial charge in [-0.2, -0.15) is 0 Å². The van der Waals surface area contributed by atoms with E-state index in [1.165, 1.54) is 0 Å². The van der Waals surface area contributed by atoms with Crippen molar-refractivity contribution in [3.63, 3.8) is 0 Å². The number of amides is 2. The van der Waals surface area contributed by atoms with Crippen LogP contribution in [0.1, 0.15) is 34.7 Å². The average Bonchev–Trinajstić information content (AvgIpc) is 2.85. The Morgan fingerprint density at radius 1 is 0.943 bits per heavy atom. The van der Waals surface area contributed by atoms with Crippen molar-refractivity contribution in [2.75, 3.05) is 13.2 Å². The van der Waals surface area contributed by atoms with E-state index in [0.717, 1.165) is 32.3 Å². The van der Waals surface area contributed by atoms with Crippen molar-refractivity contribution >= 4 is 27.7 Å². The maximum atomic E-state index is 13.6. The molecule has 1 atom stereocenters.